The molecule has 0 atom stereocenters. The molecule has 0 radical (unpaired) electrons. The lowest BCUT2D eigenvalue weighted by molar-refractivity contribution is -0.0839. The summed E-state index contributed by atoms with van der Waals surface area (Å²) in [5, 5.41) is 0. The molecule has 0 aromatic rings. The van der Waals surface area contributed by atoms with E-state index in [0.29, 0.717) is 92.5 Å². The number of methoxy groups -OCH3 is 3. The van der Waals surface area contributed by atoms with Gasteiger partial charge in [0.25, 0.3) is 0 Å². The SMILES string of the molecule is COCCCOCCOCC(COCCOCCCOC)OCCOCCCOC.[HH].[HH].[HH]. The van der Waals surface area contributed by atoms with Crippen molar-refractivity contribution in [2.45, 2.75) is 25.4 Å². The van der Waals surface area contributed by atoms with Crippen LogP contribution in [0.4, 0.5) is 0 Å². The molecule has 9 heteroatoms. The Bertz CT molecular complexity index is 303. The van der Waals surface area contributed by atoms with Gasteiger partial charge in [-0.05, 0) is 19.3 Å². The summed E-state index contributed by atoms with van der Waals surface area (Å²) in [6.45, 7) is 8.17. The van der Waals surface area contributed by atoms with Crippen LogP contribution in [0.25, 0.3) is 0 Å². The van der Waals surface area contributed by atoms with E-state index in [2.05, 4.69) is 0 Å². The lowest BCUT2D eigenvalue weighted by Crippen LogP contribution is -2.29. The Morgan fingerprint density at radius 2 is 0.800 bits per heavy atom. The van der Waals surface area contributed by atoms with E-state index < -0.39 is 0 Å². The highest BCUT2D eigenvalue weighted by molar-refractivity contribution is 4.56. The van der Waals surface area contributed by atoms with E-state index in [0.717, 1.165) is 19.3 Å². The normalized spacial score (nSPS) is 11.6. The quantitative estimate of drug-likeness (QED) is 0.186. The van der Waals surface area contributed by atoms with Gasteiger partial charge in [0.1, 0.15) is 6.10 Å². The zero-order valence-corrected chi connectivity index (χ0v) is 19.3. The van der Waals surface area contributed by atoms with Crippen LogP contribution in [0.2, 0.25) is 0 Å². The summed E-state index contributed by atoms with van der Waals surface area (Å²) in [4.78, 5) is 0. The first-order valence-electron chi connectivity index (χ1n) is 10.8. The van der Waals surface area contributed by atoms with Crippen molar-refractivity contribution in [3.8, 4) is 0 Å². The molecule has 0 saturated heterocycles. The van der Waals surface area contributed by atoms with Gasteiger partial charge in [0, 0.05) is 65.3 Å². The maximum absolute atomic E-state index is 5.85. The second-order valence-electron chi connectivity index (χ2n) is 6.52. The van der Waals surface area contributed by atoms with E-state index in [-0.39, 0.29) is 10.4 Å². The summed E-state index contributed by atoms with van der Waals surface area (Å²) in [5.41, 5.74) is 0. The first-order chi connectivity index (χ1) is 14.8. The largest absolute Gasteiger partial charge is 0.385 e. The molecule has 0 saturated carbocycles. The van der Waals surface area contributed by atoms with Crippen LogP contribution in [0.15, 0.2) is 0 Å². The third kappa shape index (κ3) is 23.9. The first-order valence-corrected chi connectivity index (χ1v) is 10.8. The van der Waals surface area contributed by atoms with E-state index in [1.54, 1.807) is 21.3 Å². The summed E-state index contributed by atoms with van der Waals surface area (Å²) in [6.07, 6.45) is 2.48. The van der Waals surface area contributed by atoms with E-state index in [4.69, 9.17) is 42.6 Å². The zero-order chi connectivity index (χ0) is 22.0. The van der Waals surface area contributed by atoms with Crippen LogP contribution in [-0.2, 0) is 42.6 Å². The molecule has 0 N–H and O–H groups in total. The molecule has 0 aromatic heterocycles. The Balaban J connectivity index is -0.00000140. The second kappa shape index (κ2) is 26.7. The molecule has 0 aliphatic carbocycles. The fourth-order valence-corrected chi connectivity index (χ4v) is 2.31. The monoisotopic (exact) mass is 446 g/mol. The van der Waals surface area contributed by atoms with Crippen LogP contribution >= 0.6 is 0 Å². The van der Waals surface area contributed by atoms with Crippen LogP contribution in [-0.4, -0.2) is 120 Å². The van der Waals surface area contributed by atoms with Crippen molar-refractivity contribution in [2.24, 2.45) is 0 Å². The molecule has 0 aliphatic rings. The number of hydrogen-bond donors (Lipinski definition) is 0. The molecule has 0 fully saturated rings. The standard InChI is InChI=1S/C21H44O9.3H2/c1-22-7-4-10-25-13-15-28-19-21(30-18-17-27-12-6-9-24-3)20-29-16-14-26-11-5-8-23-2;;;/h21H,4-20H2,1-3H3;3*1H. The van der Waals surface area contributed by atoms with Gasteiger partial charge in [-0.3, -0.25) is 0 Å². The molecule has 0 unspecified atom stereocenters. The average molecular weight is 447 g/mol. The highest BCUT2D eigenvalue weighted by Gasteiger charge is 2.10. The van der Waals surface area contributed by atoms with Gasteiger partial charge in [-0.1, -0.05) is 0 Å². The molecule has 0 aliphatic heterocycles. The summed E-state index contributed by atoms with van der Waals surface area (Å²) >= 11 is 0. The van der Waals surface area contributed by atoms with Crippen LogP contribution in [0.5, 0.6) is 0 Å². The lowest BCUT2D eigenvalue weighted by Gasteiger charge is -2.18. The molecule has 0 heterocycles. The Morgan fingerprint density at radius 3 is 1.20 bits per heavy atom. The third-order valence-electron chi connectivity index (χ3n) is 3.84. The molecule has 0 spiro atoms. The minimum Gasteiger partial charge on any atom is -0.385 e. The maximum Gasteiger partial charge on any atom is 0.104 e. The van der Waals surface area contributed by atoms with Gasteiger partial charge in [-0.2, -0.15) is 0 Å². The van der Waals surface area contributed by atoms with Gasteiger partial charge in [0.05, 0.1) is 52.9 Å². The van der Waals surface area contributed by atoms with Crippen LogP contribution in [0, 0.1) is 0 Å². The third-order valence-corrected chi connectivity index (χ3v) is 3.84. The molecule has 188 valence electrons. The van der Waals surface area contributed by atoms with E-state index >= 15 is 0 Å². The second-order valence-corrected chi connectivity index (χ2v) is 6.52. The van der Waals surface area contributed by atoms with E-state index in [1.165, 1.54) is 0 Å². The zero-order valence-electron chi connectivity index (χ0n) is 19.3. The van der Waals surface area contributed by atoms with Crippen LogP contribution in [0.3, 0.4) is 0 Å². The number of hydrogen-bond acceptors (Lipinski definition) is 9. The minimum absolute atomic E-state index is 0. The summed E-state index contributed by atoms with van der Waals surface area (Å²) in [7, 11) is 5.05. The predicted molar refractivity (Wildman–Crippen MR) is 120 cm³/mol. The van der Waals surface area contributed by atoms with Gasteiger partial charge < -0.3 is 42.6 Å². The molecule has 30 heavy (non-hydrogen) atoms. The maximum atomic E-state index is 5.85. The van der Waals surface area contributed by atoms with E-state index in [9.17, 15) is 0 Å². The molecule has 0 amide bonds. The van der Waals surface area contributed by atoms with Crippen molar-refractivity contribution < 1.29 is 46.9 Å². The van der Waals surface area contributed by atoms with Crippen molar-refractivity contribution in [1.82, 2.24) is 0 Å². The predicted octanol–water partition coefficient (Wildman–Crippen LogP) is 2.30. The molecule has 0 aromatic carbocycles. The van der Waals surface area contributed by atoms with Crippen molar-refractivity contribution in [2.75, 3.05) is 114 Å². The summed E-state index contributed by atoms with van der Waals surface area (Å²) in [6, 6.07) is 0. The van der Waals surface area contributed by atoms with Crippen molar-refractivity contribution in [3.05, 3.63) is 0 Å². The van der Waals surface area contributed by atoms with Gasteiger partial charge in [-0.15, -0.1) is 0 Å². The molecule has 0 rings (SSSR count). The Kier molecular flexibility index (Phi) is 26.4. The first kappa shape index (κ1) is 29.6. The minimum atomic E-state index is -0.158. The van der Waals surface area contributed by atoms with Crippen LogP contribution in [0.1, 0.15) is 23.5 Å². The average Bonchev–Trinajstić information content (AvgIpc) is 2.76. The summed E-state index contributed by atoms with van der Waals surface area (Å²) < 4.78 is 48.6. The number of ether oxygens (including phenoxy) is 9. The van der Waals surface area contributed by atoms with E-state index in [1.807, 2.05) is 0 Å². The van der Waals surface area contributed by atoms with Gasteiger partial charge >= 0.3 is 0 Å². The lowest BCUT2D eigenvalue weighted by atomic mass is 10.4. The van der Waals surface area contributed by atoms with Gasteiger partial charge in [0.15, 0.2) is 0 Å². The number of rotatable bonds is 26. The highest BCUT2D eigenvalue weighted by atomic mass is 16.6. The summed E-state index contributed by atoms with van der Waals surface area (Å²) in [5.74, 6) is 0. The Hall–Kier alpha value is -0.360. The Morgan fingerprint density at radius 1 is 0.433 bits per heavy atom. The molecular formula is C21H50O9. The van der Waals surface area contributed by atoms with Crippen molar-refractivity contribution >= 4 is 0 Å². The van der Waals surface area contributed by atoms with Crippen LogP contribution < -0.4 is 0 Å². The topological polar surface area (TPSA) is 83.1 Å². The fourth-order valence-electron chi connectivity index (χ4n) is 2.31. The molecule has 9 nitrogen and oxygen atoms in total. The van der Waals surface area contributed by atoms with Crippen molar-refractivity contribution in [1.29, 1.82) is 0 Å². The smallest absolute Gasteiger partial charge is 0.104 e. The van der Waals surface area contributed by atoms with Gasteiger partial charge in [0.2, 0.25) is 0 Å². The Labute approximate surface area is 187 Å². The molecular weight excluding hydrogens is 396 g/mol. The van der Waals surface area contributed by atoms with Crippen molar-refractivity contribution in [3.63, 3.8) is 0 Å². The van der Waals surface area contributed by atoms with Gasteiger partial charge in [-0.25, -0.2) is 0 Å². The fraction of sp³-hybridized carbons (Fsp3) is 1.00. The highest BCUT2D eigenvalue weighted by Crippen LogP contribution is 1.98. The molecule has 0 bridgehead atoms.